The van der Waals surface area contributed by atoms with Gasteiger partial charge in [-0.2, -0.15) is 5.10 Å². The first-order valence-electron chi connectivity index (χ1n) is 6.87. The Morgan fingerprint density at radius 2 is 2.10 bits per heavy atom. The molecule has 5 heteroatoms. The molecule has 4 nitrogen and oxygen atoms in total. The molecule has 0 aliphatic heterocycles. The highest BCUT2D eigenvalue weighted by Gasteiger charge is 2.15. The van der Waals surface area contributed by atoms with Crippen LogP contribution in [0.25, 0.3) is 0 Å². The molecule has 1 aromatic carbocycles. The van der Waals surface area contributed by atoms with E-state index in [1.807, 2.05) is 18.2 Å². The topological polar surface area (TPSA) is 47.1 Å². The van der Waals surface area contributed by atoms with E-state index in [0.717, 1.165) is 41.1 Å². The quantitative estimate of drug-likeness (QED) is 0.850. The first-order chi connectivity index (χ1) is 9.56. The Hall–Kier alpha value is -1.49. The maximum Gasteiger partial charge on any atom is 0.0767 e. The van der Waals surface area contributed by atoms with Gasteiger partial charge in [-0.25, -0.2) is 0 Å². The van der Waals surface area contributed by atoms with E-state index in [9.17, 15) is 0 Å². The second-order valence-electron chi connectivity index (χ2n) is 4.83. The molecule has 0 saturated carbocycles. The maximum atomic E-state index is 5.85. The molecule has 0 aliphatic carbocycles. The SMILES string of the molecule is CCc1nn(CC)c(CN(C)c2cccc(N)c2)c1Br. The van der Waals surface area contributed by atoms with Gasteiger partial charge in [-0.15, -0.1) is 0 Å². The van der Waals surface area contributed by atoms with Crippen LogP contribution in [0.2, 0.25) is 0 Å². The van der Waals surface area contributed by atoms with Gasteiger partial charge in [0.15, 0.2) is 0 Å². The zero-order valence-electron chi connectivity index (χ0n) is 12.2. The van der Waals surface area contributed by atoms with Crippen LogP contribution >= 0.6 is 15.9 Å². The molecule has 0 bridgehead atoms. The second kappa shape index (κ2) is 6.31. The van der Waals surface area contributed by atoms with E-state index in [4.69, 9.17) is 5.73 Å². The van der Waals surface area contributed by atoms with Crippen molar-refractivity contribution in [2.24, 2.45) is 0 Å². The summed E-state index contributed by atoms with van der Waals surface area (Å²) in [5.41, 5.74) is 10.1. The molecule has 2 N–H and O–H groups in total. The molecular weight excluding hydrogens is 316 g/mol. The number of hydrogen-bond donors (Lipinski definition) is 1. The fraction of sp³-hybridized carbons (Fsp3) is 0.400. The minimum Gasteiger partial charge on any atom is -0.399 e. The summed E-state index contributed by atoms with van der Waals surface area (Å²) in [6.45, 7) is 5.91. The average Bonchev–Trinajstić information content (AvgIpc) is 2.75. The number of nitrogens with two attached hydrogens (primary N) is 1. The van der Waals surface area contributed by atoms with Crippen LogP contribution in [0.3, 0.4) is 0 Å². The van der Waals surface area contributed by atoms with Gasteiger partial charge in [0.1, 0.15) is 0 Å². The van der Waals surface area contributed by atoms with E-state index < -0.39 is 0 Å². The summed E-state index contributed by atoms with van der Waals surface area (Å²) >= 11 is 3.68. The van der Waals surface area contributed by atoms with Crippen LogP contribution in [-0.2, 0) is 19.5 Å². The molecule has 0 fully saturated rings. The Bertz CT molecular complexity index is 592. The number of halogens is 1. The summed E-state index contributed by atoms with van der Waals surface area (Å²) in [6, 6.07) is 7.93. The van der Waals surface area contributed by atoms with Gasteiger partial charge in [0.2, 0.25) is 0 Å². The van der Waals surface area contributed by atoms with Gasteiger partial charge in [0, 0.05) is 25.0 Å². The van der Waals surface area contributed by atoms with Crippen LogP contribution in [0.5, 0.6) is 0 Å². The van der Waals surface area contributed by atoms with Crippen molar-refractivity contribution in [2.75, 3.05) is 17.7 Å². The summed E-state index contributed by atoms with van der Waals surface area (Å²) < 4.78 is 3.18. The van der Waals surface area contributed by atoms with Crippen molar-refractivity contribution >= 4 is 27.3 Å². The normalized spacial score (nSPS) is 10.8. The third-order valence-electron chi connectivity index (χ3n) is 3.39. The van der Waals surface area contributed by atoms with Crippen LogP contribution in [0.15, 0.2) is 28.7 Å². The first kappa shape index (κ1) is 14.9. The highest BCUT2D eigenvalue weighted by molar-refractivity contribution is 9.10. The first-order valence-corrected chi connectivity index (χ1v) is 7.66. The summed E-state index contributed by atoms with van der Waals surface area (Å²) in [6.07, 6.45) is 0.933. The number of hydrogen-bond acceptors (Lipinski definition) is 3. The van der Waals surface area contributed by atoms with Gasteiger partial charge in [-0.1, -0.05) is 13.0 Å². The number of aromatic nitrogens is 2. The van der Waals surface area contributed by atoms with Crippen molar-refractivity contribution in [2.45, 2.75) is 33.4 Å². The Kier molecular flexibility index (Phi) is 4.70. The molecule has 0 unspecified atom stereocenters. The van der Waals surface area contributed by atoms with E-state index in [2.05, 4.69) is 57.6 Å². The average molecular weight is 337 g/mol. The lowest BCUT2D eigenvalue weighted by molar-refractivity contribution is 0.609. The Balaban J connectivity index is 2.27. The molecule has 108 valence electrons. The molecule has 0 atom stereocenters. The van der Waals surface area contributed by atoms with Gasteiger partial charge >= 0.3 is 0 Å². The largest absolute Gasteiger partial charge is 0.399 e. The number of benzene rings is 1. The van der Waals surface area contributed by atoms with E-state index in [-0.39, 0.29) is 0 Å². The molecule has 1 heterocycles. The van der Waals surface area contributed by atoms with E-state index >= 15 is 0 Å². The van der Waals surface area contributed by atoms with E-state index in [1.165, 1.54) is 5.69 Å². The molecule has 0 saturated heterocycles. The number of anilines is 2. The lowest BCUT2D eigenvalue weighted by Crippen LogP contribution is -2.19. The van der Waals surface area contributed by atoms with Crippen molar-refractivity contribution in [3.63, 3.8) is 0 Å². The van der Waals surface area contributed by atoms with Crippen LogP contribution in [0.1, 0.15) is 25.2 Å². The maximum absolute atomic E-state index is 5.85. The number of rotatable bonds is 5. The van der Waals surface area contributed by atoms with E-state index in [1.54, 1.807) is 0 Å². The standard InChI is InChI=1S/C15H21BrN4/c1-4-13-15(16)14(20(5-2)18-13)10-19(3)12-8-6-7-11(17)9-12/h6-9H,4-5,10,17H2,1-3H3. The van der Waals surface area contributed by atoms with Crippen molar-refractivity contribution in [1.82, 2.24) is 9.78 Å². The minimum atomic E-state index is 0.784. The van der Waals surface area contributed by atoms with E-state index in [0.29, 0.717) is 0 Å². The smallest absolute Gasteiger partial charge is 0.0767 e. The van der Waals surface area contributed by atoms with Crippen molar-refractivity contribution in [1.29, 1.82) is 0 Å². The molecular formula is C15H21BrN4. The third-order valence-corrected chi connectivity index (χ3v) is 4.31. The van der Waals surface area contributed by atoms with Gasteiger partial charge < -0.3 is 10.6 Å². The molecule has 0 spiro atoms. The zero-order valence-corrected chi connectivity index (χ0v) is 13.8. The monoisotopic (exact) mass is 336 g/mol. The van der Waals surface area contributed by atoms with Gasteiger partial charge in [0.05, 0.1) is 22.4 Å². The molecule has 20 heavy (non-hydrogen) atoms. The lowest BCUT2D eigenvalue weighted by atomic mass is 10.2. The summed E-state index contributed by atoms with van der Waals surface area (Å²) in [5, 5.41) is 4.63. The summed E-state index contributed by atoms with van der Waals surface area (Å²) in [5.74, 6) is 0. The predicted molar refractivity (Wildman–Crippen MR) is 87.9 cm³/mol. The summed E-state index contributed by atoms with van der Waals surface area (Å²) in [4.78, 5) is 2.18. The summed E-state index contributed by atoms with van der Waals surface area (Å²) in [7, 11) is 2.07. The minimum absolute atomic E-state index is 0.784. The van der Waals surface area contributed by atoms with Crippen molar-refractivity contribution < 1.29 is 0 Å². The van der Waals surface area contributed by atoms with Crippen molar-refractivity contribution in [3.8, 4) is 0 Å². The van der Waals surface area contributed by atoms with Crippen molar-refractivity contribution in [3.05, 3.63) is 40.1 Å². The highest BCUT2D eigenvalue weighted by atomic mass is 79.9. The fourth-order valence-electron chi connectivity index (χ4n) is 2.25. The number of aryl methyl sites for hydroxylation is 2. The zero-order chi connectivity index (χ0) is 14.7. The lowest BCUT2D eigenvalue weighted by Gasteiger charge is -2.20. The molecule has 1 aromatic heterocycles. The second-order valence-corrected chi connectivity index (χ2v) is 5.62. The Labute approximate surface area is 128 Å². The van der Waals surface area contributed by atoms with Crippen LogP contribution in [-0.4, -0.2) is 16.8 Å². The molecule has 2 aromatic rings. The third kappa shape index (κ3) is 2.98. The molecule has 0 amide bonds. The van der Waals surface area contributed by atoms with Crippen LogP contribution in [0.4, 0.5) is 11.4 Å². The Morgan fingerprint density at radius 1 is 1.35 bits per heavy atom. The van der Waals surface area contributed by atoms with Gasteiger partial charge in [-0.05, 0) is 47.5 Å². The highest BCUT2D eigenvalue weighted by Crippen LogP contribution is 2.25. The number of nitrogens with zero attached hydrogens (tertiary/aromatic N) is 3. The molecule has 2 rings (SSSR count). The number of nitrogen functional groups attached to an aromatic ring is 1. The fourth-order valence-corrected chi connectivity index (χ4v) is 2.94. The van der Waals surface area contributed by atoms with Crippen LogP contribution in [0, 0.1) is 0 Å². The predicted octanol–water partition coefficient (Wildman–Crippen LogP) is 3.45. The van der Waals surface area contributed by atoms with Crippen LogP contribution < -0.4 is 10.6 Å². The molecule has 0 radical (unpaired) electrons. The van der Waals surface area contributed by atoms with Gasteiger partial charge in [-0.3, -0.25) is 4.68 Å². The Morgan fingerprint density at radius 3 is 2.70 bits per heavy atom. The van der Waals surface area contributed by atoms with Gasteiger partial charge in [0.25, 0.3) is 0 Å². The molecule has 0 aliphatic rings.